The van der Waals surface area contributed by atoms with Crippen molar-refractivity contribution in [2.45, 2.75) is 18.9 Å². The van der Waals surface area contributed by atoms with Crippen LogP contribution in [0.4, 0.5) is 0 Å². The minimum atomic E-state index is -1.20. The topological polar surface area (TPSA) is 108 Å². The largest absolute Gasteiger partial charge is 0.480 e. The van der Waals surface area contributed by atoms with Gasteiger partial charge in [-0.3, -0.25) is 9.59 Å². The Morgan fingerprint density at radius 2 is 2.13 bits per heavy atom. The van der Waals surface area contributed by atoms with Gasteiger partial charge >= 0.3 is 11.9 Å². The molecule has 122 valence electrons. The first-order valence-corrected chi connectivity index (χ1v) is 7.13. The summed E-state index contributed by atoms with van der Waals surface area (Å²) in [6.45, 7) is 0. The molecule has 2 aromatic rings. The number of carbonyl (C=O) groups is 3. The number of benzene rings is 1. The smallest absolute Gasteiger partial charge is 0.326 e. The van der Waals surface area contributed by atoms with Gasteiger partial charge in [0.25, 0.3) is 0 Å². The number of aromatic amines is 1. The Kier molecular flexibility index (Phi) is 5.23. The van der Waals surface area contributed by atoms with E-state index in [4.69, 9.17) is 11.6 Å². The summed E-state index contributed by atoms with van der Waals surface area (Å²) in [6.07, 6.45) is 1.15. The lowest BCUT2D eigenvalue weighted by atomic mass is 10.0. The zero-order chi connectivity index (χ0) is 17.0. The standard InChI is InChI=1S/C15H15ClN2O5/c1-23-13(20)6-12(19)18-11(15(21)22)5-8-7-17-10-4-2-3-9(16)14(8)10/h2-4,7,11,17H,5-6H2,1H3,(H,18,19)(H,21,22)/t11-/m1/s1. The maximum absolute atomic E-state index is 11.7. The Labute approximate surface area is 136 Å². The third-order valence-electron chi connectivity index (χ3n) is 3.33. The molecule has 0 aliphatic heterocycles. The zero-order valence-corrected chi connectivity index (χ0v) is 13.0. The molecule has 0 saturated heterocycles. The second-order valence-electron chi connectivity index (χ2n) is 4.89. The maximum atomic E-state index is 11.7. The Balaban J connectivity index is 2.17. The quantitative estimate of drug-likeness (QED) is 0.546. The summed E-state index contributed by atoms with van der Waals surface area (Å²) in [7, 11) is 1.15. The SMILES string of the molecule is COC(=O)CC(=O)N[C@H](Cc1c[nH]c2cccc(Cl)c12)C(=O)O. The summed E-state index contributed by atoms with van der Waals surface area (Å²) in [5.74, 6) is -2.65. The van der Waals surface area contributed by atoms with Gasteiger partial charge in [0, 0.05) is 23.5 Å². The van der Waals surface area contributed by atoms with Crippen LogP contribution in [-0.4, -0.2) is 41.1 Å². The Hall–Kier alpha value is -2.54. The van der Waals surface area contributed by atoms with Crippen LogP contribution < -0.4 is 5.32 Å². The lowest BCUT2D eigenvalue weighted by molar-refractivity contribution is -0.146. The van der Waals surface area contributed by atoms with Gasteiger partial charge in [-0.1, -0.05) is 17.7 Å². The molecule has 1 amide bonds. The predicted molar refractivity (Wildman–Crippen MR) is 83.2 cm³/mol. The number of esters is 1. The van der Waals surface area contributed by atoms with Gasteiger partial charge in [0.2, 0.25) is 5.91 Å². The molecule has 1 aromatic carbocycles. The monoisotopic (exact) mass is 338 g/mol. The predicted octanol–water partition coefficient (Wildman–Crippen LogP) is 1.50. The van der Waals surface area contributed by atoms with E-state index in [0.717, 1.165) is 12.6 Å². The number of hydrogen-bond donors (Lipinski definition) is 3. The zero-order valence-electron chi connectivity index (χ0n) is 12.3. The van der Waals surface area contributed by atoms with Gasteiger partial charge in [-0.15, -0.1) is 0 Å². The number of ether oxygens (including phenoxy) is 1. The number of hydrogen-bond acceptors (Lipinski definition) is 4. The molecule has 0 saturated carbocycles. The second kappa shape index (κ2) is 7.15. The van der Waals surface area contributed by atoms with Crippen LogP contribution in [0, 0.1) is 0 Å². The molecule has 1 heterocycles. The molecule has 0 fully saturated rings. The van der Waals surface area contributed by atoms with Crippen molar-refractivity contribution in [2.24, 2.45) is 0 Å². The van der Waals surface area contributed by atoms with E-state index in [1.165, 1.54) is 0 Å². The van der Waals surface area contributed by atoms with Crippen molar-refractivity contribution in [3.63, 3.8) is 0 Å². The van der Waals surface area contributed by atoms with Crippen molar-refractivity contribution in [3.05, 3.63) is 35.0 Å². The van der Waals surface area contributed by atoms with Crippen molar-refractivity contribution < 1.29 is 24.2 Å². The van der Waals surface area contributed by atoms with Gasteiger partial charge < -0.3 is 20.1 Å². The summed E-state index contributed by atoms with van der Waals surface area (Å²) < 4.78 is 4.37. The van der Waals surface area contributed by atoms with Crippen LogP contribution in [0.25, 0.3) is 10.9 Å². The molecule has 1 atom stereocenters. The average Bonchev–Trinajstić information content (AvgIpc) is 2.90. The molecular formula is C15H15ClN2O5. The highest BCUT2D eigenvalue weighted by Gasteiger charge is 2.23. The summed E-state index contributed by atoms with van der Waals surface area (Å²) >= 11 is 6.14. The summed E-state index contributed by atoms with van der Waals surface area (Å²) in [5.41, 5.74) is 1.44. The first-order chi connectivity index (χ1) is 10.9. The van der Waals surface area contributed by atoms with E-state index < -0.39 is 30.3 Å². The number of H-pyrrole nitrogens is 1. The Bertz CT molecular complexity index is 755. The summed E-state index contributed by atoms with van der Waals surface area (Å²) in [4.78, 5) is 37.1. The van der Waals surface area contributed by atoms with Gasteiger partial charge in [-0.05, 0) is 17.7 Å². The number of nitrogens with one attached hydrogen (secondary N) is 2. The molecule has 1 aromatic heterocycles. The van der Waals surface area contributed by atoms with Crippen LogP contribution in [0.1, 0.15) is 12.0 Å². The van der Waals surface area contributed by atoms with Gasteiger partial charge in [0.15, 0.2) is 0 Å². The first kappa shape index (κ1) is 16.8. The molecule has 8 heteroatoms. The lowest BCUT2D eigenvalue weighted by Crippen LogP contribution is -2.43. The van der Waals surface area contributed by atoms with E-state index >= 15 is 0 Å². The molecule has 7 nitrogen and oxygen atoms in total. The van der Waals surface area contributed by atoms with E-state index in [1.54, 1.807) is 18.3 Å². The molecular weight excluding hydrogens is 324 g/mol. The molecule has 0 aliphatic carbocycles. The average molecular weight is 339 g/mol. The van der Waals surface area contributed by atoms with E-state index in [1.807, 2.05) is 6.07 Å². The van der Waals surface area contributed by atoms with Crippen molar-refractivity contribution >= 4 is 40.3 Å². The van der Waals surface area contributed by atoms with Crippen LogP contribution >= 0.6 is 11.6 Å². The van der Waals surface area contributed by atoms with Crippen LogP contribution in [0.3, 0.4) is 0 Å². The number of fused-ring (bicyclic) bond motifs is 1. The number of rotatable bonds is 6. The fourth-order valence-electron chi connectivity index (χ4n) is 2.24. The number of aliphatic carboxylic acids is 1. The number of methoxy groups -OCH3 is 1. The number of carboxylic acids is 1. The fourth-order valence-corrected chi connectivity index (χ4v) is 2.53. The van der Waals surface area contributed by atoms with Crippen molar-refractivity contribution in [1.29, 1.82) is 0 Å². The minimum Gasteiger partial charge on any atom is -0.480 e. The van der Waals surface area contributed by atoms with E-state index in [9.17, 15) is 19.5 Å². The highest BCUT2D eigenvalue weighted by atomic mass is 35.5. The first-order valence-electron chi connectivity index (χ1n) is 6.75. The Morgan fingerprint density at radius 3 is 2.78 bits per heavy atom. The van der Waals surface area contributed by atoms with E-state index in [2.05, 4.69) is 15.0 Å². The molecule has 0 aliphatic rings. The van der Waals surface area contributed by atoms with Gasteiger partial charge in [-0.25, -0.2) is 4.79 Å². The maximum Gasteiger partial charge on any atom is 0.326 e. The summed E-state index contributed by atoms with van der Waals surface area (Å²) in [6, 6.07) is 4.11. The number of aromatic nitrogens is 1. The van der Waals surface area contributed by atoms with Gasteiger partial charge in [0.1, 0.15) is 12.5 Å². The van der Waals surface area contributed by atoms with E-state index in [0.29, 0.717) is 16.0 Å². The summed E-state index contributed by atoms with van der Waals surface area (Å²) in [5, 5.41) is 12.8. The molecule has 3 N–H and O–H groups in total. The number of carbonyl (C=O) groups excluding carboxylic acids is 2. The minimum absolute atomic E-state index is 0.0337. The highest BCUT2D eigenvalue weighted by Crippen LogP contribution is 2.27. The third-order valence-corrected chi connectivity index (χ3v) is 3.64. The third kappa shape index (κ3) is 4.01. The number of halogens is 1. The van der Waals surface area contributed by atoms with Crippen LogP contribution in [0.15, 0.2) is 24.4 Å². The van der Waals surface area contributed by atoms with Crippen molar-refractivity contribution in [1.82, 2.24) is 10.3 Å². The van der Waals surface area contributed by atoms with E-state index in [-0.39, 0.29) is 6.42 Å². The fraction of sp³-hybridized carbons (Fsp3) is 0.267. The van der Waals surface area contributed by atoms with Crippen molar-refractivity contribution in [3.8, 4) is 0 Å². The second-order valence-corrected chi connectivity index (χ2v) is 5.30. The van der Waals surface area contributed by atoms with Crippen LogP contribution in [-0.2, 0) is 25.5 Å². The molecule has 2 rings (SSSR count). The molecule has 0 radical (unpaired) electrons. The normalized spacial score (nSPS) is 11.9. The van der Waals surface area contributed by atoms with Gasteiger partial charge in [-0.2, -0.15) is 0 Å². The van der Waals surface area contributed by atoms with Crippen LogP contribution in [0.5, 0.6) is 0 Å². The molecule has 0 spiro atoms. The molecule has 0 bridgehead atoms. The molecule has 0 unspecified atom stereocenters. The number of amides is 1. The highest BCUT2D eigenvalue weighted by molar-refractivity contribution is 6.35. The van der Waals surface area contributed by atoms with Gasteiger partial charge in [0.05, 0.1) is 12.1 Å². The van der Waals surface area contributed by atoms with Crippen molar-refractivity contribution in [2.75, 3.05) is 7.11 Å². The lowest BCUT2D eigenvalue weighted by Gasteiger charge is -2.14. The molecule has 23 heavy (non-hydrogen) atoms. The Morgan fingerprint density at radius 1 is 1.39 bits per heavy atom. The number of carboxylic acid groups (broad SMARTS) is 1. The van der Waals surface area contributed by atoms with Crippen LogP contribution in [0.2, 0.25) is 5.02 Å².